The van der Waals surface area contributed by atoms with Crippen LogP contribution >= 0.6 is 0 Å². The predicted octanol–water partition coefficient (Wildman–Crippen LogP) is 4.08. The lowest BCUT2D eigenvalue weighted by Gasteiger charge is -2.08. The molecule has 0 bridgehead atoms. The Bertz CT molecular complexity index is 481. The zero-order valence-corrected chi connectivity index (χ0v) is 9.46. The third-order valence-electron chi connectivity index (χ3n) is 2.85. The standard InChI is InChI=1S/C15H15/c1-11-6-4-8-14(10-11)15-9-5-7-12(2)13(15)3/h4-7,9-10H,1-3H3. The molecule has 0 aliphatic rings. The maximum atomic E-state index is 3.29. The van der Waals surface area contributed by atoms with Gasteiger partial charge in [-0.3, -0.25) is 0 Å². The highest BCUT2D eigenvalue weighted by atomic mass is 14.1. The molecule has 2 aromatic rings. The van der Waals surface area contributed by atoms with Crippen LogP contribution in [0, 0.1) is 26.8 Å². The van der Waals surface area contributed by atoms with Crippen LogP contribution in [-0.4, -0.2) is 0 Å². The van der Waals surface area contributed by atoms with Gasteiger partial charge in [-0.25, -0.2) is 0 Å². The number of rotatable bonds is 1. The SMILES string of the molecule is Cc1cc[c]c(-c2cccc(C)c2C)c1. The van der Waals surface area contributed by atoms with Gasteiger partial charge in [-0.05, 0) is 49.1 Å². The largest absolute Gasteiger partial charge is 0.0614 e. The molecule has 0 heterocycles. The van der Waals surface area contributed by atoms with Gasteiger partial charge in [0.1, 0.15) is 0 Å². The molecule has 0 saturated carbocycles. The molecule has 2 rings (SSSR count). The average Bonchev–Trinajstić information content (AvgIpc) is 2.22. The molecule has 0 nitrogen and oxygen atoms in total. The Labute approximate surface area is 91.6 Å². The number of hydrogen-bond donors (Lipinski definition) is 0. The first-order chi connectivity index (χ1) is 7.18. The van der Waals surface area contributed by atoms with Crippen LogP contribution in [0.15, 0.2) is 36.4 Å². The molecule has 0 amide bonds. The fourth-order valence-electron chi connectivity index (χ4n) is 1.78. The van der Waals surface area contributed by atoms with E-state index in [1.165, 1.54) is 27.8 Å². The lowest BCUT2D eigenvalue weighted by molar-refractivity contribution is 1.33. The smallest absolute Gasteiger partial charge is 0.00989 e. The first-order valence-corrected chi connectivity index (χ1v) is 5.23. The van der Waals surface area contributed by atoms with E-state index >= 15 is 0 Å². The van der Waals surface area contributed by atoms with Crippen LogP contribution in [0.1, 0.15) is 16.7 Å². The van der Waals surface area contributed by atoms with Gasteiger partial charge in [-0.1, -0.05) is 42.0 Å². The summed E-state index contributed by atoms with van der Waals surface area (Å²) in [6.45, 7) is 6.43. The van der Waals surface area contributed by atoms with E-state index in [2.05, 4.69) is 57.2 Å². The van der Waals surface area contributed by atoms with Gasteiger partial charge in [0, 0.05) is 0 Å². The number of hydrogen-bond acceptors (Lipinski definition) is 0. The van der Waals surface area contributed by atoms with E-state index < -0.39 is 0 Å². The quantitative estimate of drug-likeness (QED) is 0.643. The third-order valence-corrected chi connectivity index (χ3v) is 2.85. The van der Waals surface area contributed by atoms with Crippen LogP contribution < -0.4 is 0 Å². The molecule has 0 aromatic heterocycles. The molecule has 0 spiro atoms. The highest BCUT2D eigenvalue weighted by molar-refractivity contribution is 5.68. The molecule has 1 radical (unpaired) electrons. The third kappa shape index (κ3) is 1.94. The van der Waals surface area contributed by atoms with Crippen LogP contribution in [0.3, 0.4) is 0 Å². The van der Waals surface area contributed by atoms with Gasteiger partial charge >= 0.3 is 0 Å². The Hall–Kier alpha value is -1.56. The van der Waals surface area contributed by atoms with Gasteiger partial charge in [0.2, 0.25) is 0 Å². The second kappa shape index (κ2) is 3.90. The molecule has 0 atom stereocenters. The van der Waals surface area contributed by atoms with Gasteiger partial charge in [-0.2, -0.15) is 0 Å². The molecule has 0 aliphatic carbocycles. The van der Waals surface area contributed by atoms with E-state index in [1.807, 2.05) is 6.07 Å². The van der Waals surface area contributed by atoms with Crippen molar-refractivity contribution in [3.05, 3.63) is 59.2 Å². The zero-order chi connectivity index (χ0) is 10.8. The number of aryl methyl sites for hydroxylation is 2. The summed E-state index contributed by atoms with van der Waals surface area (Å²) in [7, 11) is 0. The summed E-state index contributed by atoms with van der Waals surface area (Å²) in [6.07, 6.45) is 0. The van der Waals surface area contributed by atoms with Crippen LogP contribution in [0.5, 0.6) is 0 Å². The van der Waals surface area contributed by atoms with Crippen LogP contribution in [-0.2, 0) is 0 Å². The topological polar surface area (TPSA) is 0 Å². The normalized spacial score (nSPS) is 10.3. The molecule has 0 N–H and O–H groups in total. The van der Waals surface area contributed by atoms with E-state index in [-0.39, 0.29) is 0 Å². The second-order valence-corrected chi connectivity index (χ2v) is 4.03. The minimum atomic E-state index is 1.19. The van der Waals surface area contributed by atoms with E-state index in [1.54, 1.807) is 0 Å². The van der Waals surface area contributed by atoms with Crippen LogP contribution in [0.4, 0.5) is 0 Å². The van der Waals surface area contributed by atoms with Gasteiger partial charge in [0.05, 0.1) is 0 Å². The molecule has 75 valence electrons. The van der Waals surface area contributed by atoms with Crippen molar-refractivity contribution < 1.29 is 0 Å². The fourth-order valence-corrected chi connectivity index (χ4v) is 1.78. The molecular formula is C15H15. The Kier molecular flexibility index (Phi) is 2.59. The van der Waals surface area contributed by atoms with Crippen molar-refractivity contribution in [2.45, 2.75) is 20.8 Å². The van der Waals surface area contributed by atoms with Crippen molar-refractivity contribution in [2.24, 2.45) is 0 Å². The zero-order valence-electron chi connectivity index (χ0n) is 9.46. The first kappa shape index (κ1) is 9.97. The lowest BCUT2D eigenvalue weighted by atomic mass is 9.96. The molecule has 0 saturated heterocycles. The highest BCUT2D eigenvalue weighted by Crippen LogP contribution is 2.25. The molecule has 0 aliphatic heterocycles. The minimum absolute atomic E-state index is 1.19. The summed E-state index contributed by atoms with van der Waals surface area (Å²) in [5.41, 5.74) is 6.45. The average molecular weight is 195 g/mol. The summed E-state index contributed by atoms with van der Waals surface area (Å²) < 4.78 is 0. The minimum Gasteiger partial charge on any atom is -0.0614 e. The summed E-state index contributed by atoms with van der Waals surface area (Å²) in [5.74, 6) is 0. The lowest BCUT2D eigenvalue weighted by Crippen LogP contribution is -1.87. The number of benzene rings is 2. The van der Waals surface area contributed by atoms with Crippen molar-refractivity contribution >= 4 is 0 Å². The molecule has 2 aromatic carbocycles. The maximum absolute atomic E-state index is 3.29. The predicted molar refractivity (Wildman–Crippen MR) is 64.9 cm³/mol. The Morgan fingerprint density at radius 1 is 1.00 bits per heavy atom. The van der Waals surface area contributed by atoms with Crippen molar-refractivity contribution in [1.29, 1.82) is 0 Å². The van der Waals surface area contributed by atoms with E-state index in [4.69, 9.17) is 0 Å². The summed E-state index contributed by atoms with van der Waals surface area (Å²) in [4.78, 5) is 0. The second-order valence-electron chi connectivity index (χ2n) is 4.03. The fraction of sp³-hybridized carbons (Fsp3) is 0.200. The van der Waals surface area contributed by atoms with Crippen molar-refractivity contribution in [2.75, 3.05) is 0 Å². The van der Waals surface area contributed by atoms with Crippen LogP contribution in [0.2, 0.25) is 0 Å². The highest BCUT2D eigenvalue weighted by Gasteiger charge is 2.03. The molecule has 0 heteroatoms. The van der Waals surface area contributed by atoms with Gasteiger partial charge < -0.3 is 0 Å². The first-order valence-electron chi connectivity index (χ1n) is 5.23. The van der Waals surface area contributed by atoms with E-state index in [9.17, 15) is 0 Å². The monoisotopic (exact) mass is 195 g/mol. The Morgan fingerprint density at radius 2 is 1.80 bits per heavy atom. The van der Waals surface area contributed by atoms with Crippen LogP contribution in [0.25, 0.3) is 11.1 Å². The van der Waals surface area contributed by atoms with Crippen molar-refractivity contribution in [1.82, 2.24) is 0 Å². The Balaban J connectivity index is 2.59. The van der Waals surface area contributed by atoms with Gasteiger partial charge in [0.15, 0.2) is 0 Å². The Morgan fingerprint density at radius 3 is 2.53 bits per heavy atom. The summed E-state index contributed by atoms with van der Waals surface area (Å²) in [5, 5.41) is 0. The molecule has 15 heavy (non-hydrogen) atoms. The molecular weight excluding hydrogens is 180 g/mol. The van der Waals surface area contributed by atoms with Crippen molar-refractivity contribution in [3.8, 4) is 11.1 Å². The van der Waals surface area contributed by atoms with Gasteiger partial charge in [0.25, 0.3) is 0 Å². The van der Waals surface area contributed by atoms with Gasteiger partial charge in [-0.15, -0.1) is 0 Å². The molecule has 0 unspecified atom stereocenters. The molecule has 0 fully saturated rings. The summed E-state index contributed by atoms with van der Waals surface area (Å²) in [6, 6.07) is 16.0. The summed E-state index contributed by atoms with van der Waals surface area (Å²) >= 11 is 0. The van der Waals surface area contributed by atoms with Crippen molar-refractivity contribution in [3.63, 3.8) is 0 Å². The maximum Gasteiger partial charge on any atom is -0.00989 e. The van der Waals surface area contributed by atoms with E-state index in [0.29, 0.717) is 0 Å². The van der Waals surface area contributed by atoms with E-state index in [0.717, 1.165) is 0 Å².